The number of nitrogens with zero attached hydrogens (tertiary/aromatic N) is 3. The number of benzene rings is 1. The van der Waals surface area contributed by atoms with Gasteiger partial charge in [-0.2, -0.15) is 5.10 Å². The van der Waals surface area contributed by atoms with Crippen LogP contribution < -0.4 is 5.32 Å². The average Bonchev–Trinajstić information content (AvgIpc) is 3.19. The van der Waals surface area contributed by atoms with Crippen molar-refractivity contribution < 1.29 is 9.18 Å². The Morgan fingerprint density at radius 2 is 2.08 bits per heavy atom. The number of hydrogen-bond acceptors (Lipinski definition) is 3. The van der Waals surface area contributed by atoms with E-state index in [-0.39, 0.29) is 17.8 Å². The van der Waals surface area contributed by atoms with Crippen molar-refractivity contribution in [2.45, 2.75) is 18.9 Å². The molecule has 2 heterocycles. The fourth-order valence-corrected chi connectivity index (χ4v) is 3.43. The van der Waals surface area contributed by atoms with Crippen LogP contribution in [0.25, 0.3) is 0 Å². The van der Waals surface area contributed by atoms with Gasteiger partial charge in [-0.05, 0) is 32.0 Å². The van der Waals surface area contributed by atoms with Crippen LogP contribution in [-0.4, -0.2) is 40.2 Å². The number of carbonyl (C=O) groups excluding carboxylic acids is 1. The monoisotopic (exact) mass is 350 g/mol. The summed E-state index contributed by atoms with van der Waals surface area (Å²) in [6.07, 6.45) is 3.62. The van der Waals surface area contributed by atoms with Gasteiger partial charge >= 0.3 is 0 Å². The van der Waals surface area contributed by atoms with Gasteiger partial charge in [0, 0.05) is 19.2 Å². The molecule has 1 amide bonds. The summed E-state index contributed by atoms with van der Waals surface area (Å²) in [6, 6.07) is 6.54. The molecule has 1 atom stereocenters. The summed E-state index contributed by atoms with van der Waals surface area (Å²) >= 11 is 6.01. The van der Waals surface area contributed by atoms with E-state index in [2.05, 4.69) is 15.3 Å². The summed E-state index contributed by atoms with van der Waals surface area (Å²) in [5, 5.41) is 7.15. The molecule has 5 nitrogen and oxygen atoms in total. The third-order valence-electron chi connectivity index (χ3n) is 4.41. The van der Waals surface area contributed by atoms with Gasteiger partial charge < -0.3 is 5.32 Å². The number of hydrogen-bond donors (Lipinski definition) is 1. The molecule has 0 radical (unpaired) electrons. The molecule has 0 spiro atoms. The molecule has 128 valence electrons. The van der Waals surface area contributed by atoms with Gasteiger partial charge in [0.15, 0.2) is 0 Å². The van der Waals surface area contributed by atoms with E-state index in [0.29, 0.717) is 22.8 Å². The van der Waals surface area contributed by atoms with Crippen molar-refractivity contribution in [1.82, 2.24) is 20.0 Å². The van der Waals surface area contributed by atoms with Gasteiger partial charge in [0.1, 0.15) is 11.5 Å². The topological polar surface area (TPSA) is 50.2 Å². The van der Waals surface area contributed by atoms with Gasteiger partial charge in [-0.3, -0.25) is 14.4 Å². The Morgan fingerprint density at radius 3 is 2.71 bits per heavy atom. The Hall–Kier alpha value is -1.92. The van der Waals surface area contributed by atoms with Gasteiger partial charge in [0.25, 0.3) is 5.91 Å². The number of carbonyl (C=O) groups is 1. The molecule has 0 aliphatic carbocycles. The molecule has 1 aromatic heterocycles. The number of nitrogens with one attached hydrogen (secondary N) is 1. The summed E-state index contributed by atoms with van der Waals surface area (Å²) in [5.74, 6) is -0.553. The lowest BCUT2D eigenvalue weighted by Gasteiger charge is -2.28. The zero-order valence-corrected chi connectivity index (χ0v) is 14.3. The van der Waals surface area contributed by atoms with Gasteiger partial charge in [0.2, 0.25) is 0 Å². The molecule has 1 aliphatic heterocycles. The van der Waals surface area contributed by atoms with Gasteiger partial charge in [0.05, 0.1) is 17.3 Å². The highest BCUT2D eigenvalue weighted by atomic mass is 35.5. The highest BCUT2D eigenvalue weighted by Gasteiger charge is 2.26. The summed E-state index contributed by atoms with van der Waals surface area (Å²) in [7, 11) is 1.66. The standard InChI is InChI=1S/C17H20ClFN4O/c1-22-16(13(18)10-21-22)17(24)20-11-15(23-8-4-5-9-23)12-6-2-3-7-14(12)19/h2-3,6-7,10,15H,4-5,8-9,11H2,1H3,(H,20,24)/t15-/m1/s1. The molecule has 0 saturated carbocycles. The third-order valence-corrected chi connectivity index (χ3v) is 4.69. The maximum Gasteiger partial charge on any atom is 0.271 e. The van der Waals surface area contributed by atoms with Crippen LogP contribution in [-0.2, 0) is 7.05 Å². The Kier molecular flexibility index (Phi) is 5.16. The molecule has 0 unspecified atom stereocenters. The number of aryl methyl sites for hydroxylation is 1. The normalized spacial score (nSPS) is 16.3. The molecule has 0 bridgehead atoms. The first-order valence-electron chi connectivity index (χ1n) is 8.02. The van der Waals surface area contributed by atoms with Crippen molar-refractivity contribution in [1.29, 1.82) is 0 Å². The van der Waals surface area contributed by atoms with E-state index in [9.17, 15) is 9.18 Å². The number of amides is 1. The molecule has 1 aliphatic rings. The van der Waals surface area contributed by atoms with Crippen molar-refractivity contribution >= 4 is 17.5 Å². The van der Waals surface area contributed by atoms with Crippen molar-refractivity contribution in [3.05, 3.63) is 52.6 Å². The Bertz CT molecular complexity index is 708. The van der Waals surface area contributed by atoms with Crippen LogP contribution in [0.5, 0.6) is 0 Å². The predicted octanol–water partition coefficient (Wildman–Crippen LogP) is 2.78. The maximum atomic E-state index is 14.2. The molecular formula is C17H20ClFN4O. The predicted molar refractivity (Wildman–Crippen MR) is 90.5 cm³/mol. The fraction of sp³-hybridized carbons (Fsp3) is 0.412. The van der Waals surface area contributed by atoms with E-state index in [4.69, 9.17) is 11.6 Å². The zero-order chi connectivity index (χ0) is 17.1. The minimum absolute atomic E-state index is 0.190. The lowest BCUT2D eigenvalue weighted by molar-refractivity contribution is 0.0928. The minimum atomic E-state index is -0.305. The molecule has 7 heteroatoms. The van der Waals surface area contributed by atoms with Crippen LogP contribution in [0.3, 0.4) is 0 Å². The smallest absolute Gasteiger partial charge is 0.271 e. The molecule has 2 aromatic rings. The summed E-state index contributed by atoms with van der Waals surface area (Å²) in [4.78, 5) is 14.6. The Balaban J connectivity index is 1.77. The van der Waals surface area contributed by atoms with Crippen LogP contribution in [0.15, 0.2) is 30.5 Å². The van der Waals surface area contributed by atoms with Gasteiger partial charge in [-0.1, -0.05) is 29.8 Å². The van der Waals surface area contributed by atoms with Crippen LogP contribution in [0.2, 0.25) is 5.02 Å². The second-order valence-electron chi connectivity index (χ2n) is 5.96. The van der Waals surface area contributed by atoms with Crippen molar-refractivity contribution in [2.24, 2.45) is 7.05 Å². The molecular weight excluding hydrogens is 331 g/mol. The van der Waals surface area contributed by atoms with Crippen LogP contribution in [0.4, 0.5) is 4.39 Å². The minimum Gasteiger partial charge on any atom is -0.349 e. The molecule has 24 heavy (non-hydrogen) atoms. The molecule has 1 aromatic carbocycles. The van der Waals surface area contributed by atoms with E-state index < -0.39 is 0 Å². The first-order chi connectivity index (χ1) is 11.6. The number of rotatable bonds is 5. The second kappa shape index (κ2) is 7.32. The van der Waals surface area contributed by atoms with Gasteiger partial charge in [-0.15, -0.1) is 0 Å². The Labute approximate surface area is 145 Å². The van der Waals surface area contributed by atoms with Crippen LogP contribution in [0, 0.1) is 5.82 Å². The molecule has 1 fully saturated rings. The fourth-order valence-electron chi connectivity index (χ4n) is 3.17. The lowest BCUT2D eigenvalue weighted by atomic mass is 10.0. The average molecular weight is 351 g/mol. The van der Waals surface area contributed by atoms with Crippen LogP contribution in [0.1, 0.15) is 34.9 Å². The maximum absolute atomic E-state index is 14.2. The highest BCUT2D eigenvalue weighted by Crippen LogP contribution is 2.26. The van der Waals surface area contributed by atoms with E-state index in [1.165, 1.54) is 16.9 Å². The molecule has 1 saturated heterocycles. The molecule has 1 N–H and O–H groups in total. The number of aromatic nitrogens is 2. The highest BCUT2D eigenvalue weighted by molar-refractivity contribution is 6.33. The second-order valence-corrected chi connectivity index (χ2v) is 6.36. The van der Waals surface area contributed by atoms with E-state index in [0.717, 1.165) is 25.9 Å². The quantitative estimate of drug-likeness (QED) is 0.902. The number of halogens is 2. The van der Waals surface area contributed by atoms with E-state index in [1.54, 1.807) is 19.2 Å². The first kappa shape index (κ1) is 16.9. The largest absolute Gasteiger partial charge is 0.349 e. The van der Waals surface area contributed by atoms with Gasteiger partial charge in [-0.25, -0.2) is 4.39 Å². The van der Waals surface area contributed by atoms with Crippen molar-refractivity contribution in [2.75, 3.05) is 19.6 Å². The summed E-state index contributed by atoms with van der Waals surface area (Å²) in [6.45, 7) is 2.13. The summed E-state index contributed by atoms with van der Waals surface area (Å²) < 4.78 is 15.7. The number of likely N-dealkylation sites (tertiary alicyclic amines) is 1. The molecule has 3 rings (SSSR count). The SMILES string of the molecule is Cn1ncc(Cl)c1C(=O)NC[C@H](c1ccccc1F)N1CCCC1. The third kappa shape index (κ3) is 3.44. The first-order valence-corrected chi connectivity index (χ1v) is 8.40. The lowest BCUT2D eigenvalue weighted by Crippen LogP contribution is -2.37. The van der Waals surface area contributed by atoms with E-state index in [1.807, 2.05) is 6.07 Å². The Morgan fingerprint density at radius 1 is 1.38 bits per heavy atom. The zero-order valence-electron chi connectivity index (χ0n) is 13.5. The van der Waals surface area contributed by atoms with E-state index >= 15 is 0 Å². The summed E-state index contributed by atoms with van der Waals surface area (Å²) in [5.41, 5.74) is 0.918. The van der Waals surface area contributed by atoms with Crippen LogP contribution >= 0.6 is 11.6 Å². The van der Waals surface area contributed by atoms with Crippen molar-refractivity contribution in [3.63, 3.8) is 0 Å². The van der Waals surface area contributed by atoms with Crippen molar-refractivity contribution in [3.8, 4) is 0 Å².